The van der Waals surface area contributed by atoms with Crippen molar-refractivity contribution in [3.63, 3.8) is 0 Å². The number of nitrogens with one attached hydrogen (secondary N) is 1. The number of halogens is 3. The standard InChI is InChI=1S/C16H19F3N2O5/c1-3-10(2)25-15(24)13(7-8-14(22)23)21-20-11-5-4-6-12(9-11)26-16(17,18)19/h4-6,9-10,20H,3,7-8H2,1-2H3,(H,22,23). The van der Waals surface area contributed by atoms with Gasteiger partial charge in [-0.2, -0.15) is 5.10 Å². The quantitative estimate of drug-likeness (QED) is 0.389. The number of hydrogen-bond donors (Lipinski definition) is 2. The Balaban J connectivity index is 2.89. The van der Waals surface area contributed by atoms with E-state index in [4.69, 9.17) is 9.84 Å². The molecule has 10 heteroatoms. The monoisotopic (exact) mass is 376 g/mol. The van der Waals surface area contributed by atoms with Crippen LogP contribution in [0, 0.1) is 0 Å². The van der Waals surface area contributed by atoms with Crippen LogP contribution in [0.1, 0.15) is 33.1 Å². The summed E-state index contributed by atoms with van der Waals surface area (Å²) in [6, 6.07) is 4.84. The Morgan fingerprint density at radius 1 is 1.31 bits per heavy atom. The minimum absolute atomic E-state index is 0.121. The normalized spacial score (nSPS) is 13.0. The summed E-state index contributed by atoms with van der Waals surface area (Å²) in [5, 5.41) is 12.5. The van der Waals surface area contributed by atoms with Gasteiger partial charge in [0.25, 0.3) is 0 Å². The highest BCUT2D eigenvalue weighted by molar-refractivity contribution is 6.36. The number of carbonyl (C=O) groups is 2. The third kappa shape index (κ3) is 8.36. The lowest BCUT2D eigenvalue weighted by atomic mass is 10.2. The van der Waals surface area contributed by atoms with Crippen LogP contribution in [0.2, 0.25) is 0 Å². The molecule has 1 aromatic rings. The molecule has 1 rings (SSSR count). The number of carbonyl (C=O) groups excluding carboxylic acids is 1. The second-order valence-electron chi connectivity index (χ2n) is 5.26. The Labute approximate surface area is 147 Å². The Morgan fingerprint density at radius 3 is 2.58 bits per heavy atom. The van der Waals surface area contributed by atoms with E-state index in [1.807, 2.05) is 0 Å². The van der Waals surface area contributed by atoms with Crippen LogP contribution in [0.25, 0.3) is 0 Å². The highest BCUT2D eigenvalue weighted by atomic mass is 19.4. The van der Waals surface area contributed by atoms with Crippen LogP contribution >= 0.6 is 0 Å². The van der Waals surface area contributed by atoms with E-state index in [9.17, 15) is 22.8 Å². The molecule has 0 spiro atoms. The summed E-state index contributed by atoms with van der Waals surface area (Å²) in [5.41, 5.74) is 2.35. The second-order valence-corrected chi connectivity index (χ2v) is 5.26. The number of rotatable bonds is 9. The van der Waals surface area contributed by atoms with Crippen molar-refractivity contribution in [2.75, 3.05) is 5.43 Å². The predicted octanol–water partition coefficient (Wildman–Crippen LogP) is 3.56. The van der Waals surface area contributed by atoms with Crippen LogP contribution < -0.4 is 10.2 Å². The lowest BCUT2D eigenvalue weighted by molar-refractivity contribution is -0.274. The van der Waals surface area contributed by atoms with E-state index in [2.05, 4.69) is 15.3 Å². The van der Waals surface area contributed by atoms with E-state index in [-0.39, 0.29) is 30.3 Å². The molecule has 0 aromatic heterocycles. The smallest absolute Gasteiger partial charge is 0.481 e. The molecule has 0 fully saturated rings. The molecule has 0 saturated heterocycles. The summed E-state index contributed by atoms with van der Waals surface area (Å²) in [5.74, 6) is -2.39. The van der Waals surface area contributed by atoms with Gasteiger partial charge in [-0.25, -0.2) is 4.79 Å². The molecule has 0 aliphatic rings. The third-order valence-electron chi connectivity index (χ3n) is 3.08. The van der Waals surface area contributed by atoms with Crippen LogP contribution in [-0.2, 0) is 14.3 Å². The minimum Gasteiger partial charge on any atom is -0.481 e. The summed E-state index contributed by atoms with van der Waals surface area (Å²) < 4.78 is 45.6. The molecule has 1 atom stereocenters. The van der Waals surface area contributed by atoms with Gasteiger partial charge in [0.05, 0.1) is 18.2 Å². The summed E-state index contributed by atoms with van der Waals surface area (Å²) in [7, 11) is 0. The fourth-order valence-electron chi connectivity index (χ4n) is 1.66. The molecule has 26 heavy (non-hydrogen) atoms. The largest absolute Gasteiger partial charge is 0.573 e. The topological polar surface area (TPSA) is 97.2 Å². The Morgan fingerprint density at radius 2 is 2.00 bits per heavy atom. The number of aliphatic carboxylic acids is 1. The second kappa shape index (κ2) is 9.64. The Bertz CT molecular complexity index is 662. The number of carboxylic acid groups (broad SMARTS) is 1. The van der Waals surface area contributed by atoms with Crippen molar-refractivity contribution in [3.8, 4) is 5.75 Å². The van der Waals surface area contributed by atoms with E-state index in [0.29, 0.717) is 6.42 Å². The number of hydrogen-bond acceptors (Lipinski definition) is 6. The van der Waals surface area contributed by atoms with Crippen LogP contribution in [-0.4, -0.2) is 35.2 Å². The first-order valence-corrected chi connectivity index (χ1v) is 7.72. The van der Waals surface area contributed by atoms with Crippen molar-refractivity contribution in [1.29, 1.82) is 0 Å². The van der Waals surface area contributed by atoms with E-state index >= 15 is 0 Å². The molecule has 144 valence electrons. The van der Waals surface area contributed by atoms with Gasteiger partial charge >= 0.3 is 18.3 Å². The number of anilines is 1. The first-order valence-electron chi connectivity index (χ1n) is 7.72. The van der Waals surface area contributed by atoms with Crippen LogP contribution in [0.5, 0.6) is 5.75 Å². The van der Waals surface area contributed by atoms with E-state index in [1.165, 1.54) is 12.1 Å². The zero-order chi connectivity index (χ0) is 19.7. The van der Waals surface area contributed by atoms with Gasteiger partial charge < -0.3 is 14.6 Å². The van der Waals surface area contributed by atoms with Crippen molar-refractivity contribution < 1.29 is 37.3 Å². The van der Waals surface area contributed by atoms with Gasteiger partial charge in [0.15, 0.2) is 0 Å². The first kappa shape index (κ1) is 21.3. The average Bonchev–Trinajstić information content (AvgIpc) is 2.53. The molecular formula is C16H19F3N2O5. The number of carboxylic acids is 1. The van der Waals surface area contributed by atoms with Gasteiger partial charge in [0.2, 0.25) is 0 Å². The number of hydrazone groups is 1. The van der Waals surface area contributed by atoms with Crippen molar-refractivity contribution in [2.45, 2.75) is 45.6 Å². The van der Waals surface area contributed by atoms with Gasteiger partial charge in [-0.1, -0.05) is 13.0 Å². The van der Waals surface area contributed by atoms with E-state index in [0.717, 1.165) is 12.1 Å². The Hall–Kier alpha value is -2.78. The first-order chi connectivity index (χ1) is 12.1. The number of ether oxygens (including phenoxy) is 2. The van der Waals surface area contributed by atoms with Gasteiger partial charge in [-0.15, -0.1) is 13.2 Å². The van der Waals surface area contributed by atoms with Crippen molar-refractivity contribution in [1.82, 2.24) is 0 Å². The van der Waals surface area contributed by atoms with Gasteiger partial charge in [0, 0.05) is 12.5 Å². The summed E-state index contributed by atoms with van der Waals surface area (Å²) in [4.78, 5) is 22.7. The number of alkyl halides is 3. The molecule has 0 heterocycles. The van der Waals surface area contributed by atoms with E-state index in [1.54, 1.807) is 13.8 Å². The predicted molar refractivity (Wildman–Crippen MR) is 86.9 cm³/mol. The number of esters is 1. The fourth-order valence-corrected chi connectivity index (χ4v) is 1.66. The zero-order valence-corrected chi connectivity index (χ0v) is 14.2. The van der Waals surface area contributed by atoms with Crippen molar-refractivity contribution in [3.05, 3.63) is 24.3 Å². The molecule has 0 bridgehead atoms. The van der Waals surface area contributed by atoms with E-state index < -0.39 is 24.1 Å². The van der Waals surface area contributed by atoms with Crippen LogP contribution in [0.3, 0.4) is 0 Å². The lowest BCUT2D eigenvalue weighted by Crippen LogP contribution is -2.24. The van der Waals surface area contributed by atoms with Gasteiger partial charge in [-0.3, -0.25) is 10.2 Å². The van der Waals surface area contributed by atoms with Crippen LogP contribution in [0.15, 0.2) is 29.4 Å². The molecule has 0 saturated carbocycles. The molecular weight excluding hydrogens is 357 g/mol. The SMILES string of the molecule is CCC(C)OC(=O)C(CCC(=O)O)=NNc1cccc(OC(F)(F)F)c1. The maximum absolute atomic E-state index is 12.2. The molecule has 0 amide bonds. The molecule has 1 aromatic carbocycles. The maximum Gasteiger partial charge on any atom is 0.573 e. The molecule has 7 nitrogen and oxygen atoms in total. The highest BCUT2D eigenvalue weighted by Crippen LogP contribution is 2.25. The van der Waals surface area contributed by atoms with Gasteiger partial charge in [-0.05, 0) is 25.5 Å². The summed E-state index contributed by atoms with van der Waals surface area (Å²) in [6.45, 7) is 3.47. The molecule has 1 unspecified atom stereocenters. The number of nitrogens with zero attached hydrogens (tertiary/aromatic N) is 1. The van der Waals surface area contributed by atoms with Crippen LogP contribution in [0.4, 0.5) is 18.9 Å². The lowest BCUT2D eigenvalue weighted by Gasteiger charge is -2.13. The fraction of sp³-hybridized carbons (Fsp3) is 0.438. The third-order valence-corrected chi connectivity index (χ3v) is 3.08. The van der Waals surface area contributed by atoms with Gasteiger partial charge in [0.1, 0.15) is 11.5 Å². The maximum atomic E-state index is 12.2. The molecule has 0 aliphatic carbocycles. The summed E-state index contributed by atoms with van der Waals surface area (Å²) >= 11 is 0. The van der Waals surface area contributed by atoms with Crippen molar-refractivity contribution in [2.24, 2.45) is 5.10 Å². The highest BCUT2D eigenvalue weighted by Gasteiger charge is 2.31. The minimum atomic E-state index is -4.84. The molecule has 0 radical (unpaired) electrons. The van der Waals surface area contributed by atoms with Crippen molar-refractivity contribution >= 4 is 23.3 Å². The zero-order valence-electron chi connectivity index (χ0n) is 14.2. The average molecular weight is 376 g/mol. The Kier molecular flexibility index (Phi) is 7.88. The molecule has 0 aliphatic heterocycles. The summed E-state index contributed by atoms with van der Waals surface area (Å²) in [6.07, 6.45) is -5.22. The number of benzene rings is 1. The molecule has 2 N–H and O–H groups in total.